The van der Waals surface area contributed by atoms with Crippen molar-refractivity contribution in [3.05, 3.63) is 28.3 Å². The van der Waals surface area contributed by atoms with Gasteiger partial charge in [0.1, 0.15) is 6.61 Å². The molecule has 0 amide bonds. The molecular weight excluding hydrogens is 262 g/mol. The van der Waals surface area contributed by atoms with Gasteiger partial charge in [0.25, 0.3) is 5.69 Å². The molecule has 0 bridgehead atoms. The van der Waals surface area contributed by atoms with E-state index in [9.17, 15) is 10.1 Å². The number of hydrogen-bond acceptors (Lipinski definition) is 5. The Hall–Kier alpha value is -1.53. The van der Waals surface area contributed by atoms with Crippen LogP contribution in [-0.2, 0) is 4.74 Å². The van der Waals surface area contributed by atoms with Crippen LogP contribution in [-0.4, -0.2) is 37.7 Å². The average Bonchev–Trinajstić information content (AvgIpc) is 2.38. The molecule has 0 saturated carbocycles. The van der Waals surface area contributed by atoms with Crippen LogP contribution in [0.25, 0.3) is 0 Å². The number of methoxy groups -OCH3 is 1. The molecule has 0 N–H and O–H groups in total. The van der Waals surface area contributed by atoms with Crippen molar-refractivity contribution in [2.24, 2.45) is 0 Å². The highest BCUT2D eigenvalue weighted by Gasteiger charge is 2.12. The van der Waals surface area contributed by atoms with Crippen LogP contribution in [0.1, 0.15) is 0 Å². The third-order valence-corrected chi connectivity index (χ3v) is 2.22. The van der Waals surface area contributed by atoms with E-state index in [0.717, 1.165) is 0 Å². The molecule has 0 aliphatic carbocycles. The Labute approximate surface area is 110 Å². The topological polar surface area (TPSA) is 70.8 Å². The van der Waals surface area contributed by atoms with E-state index >= 15 is 0 Å². The molecule has 0 radical (unpaired) electrons. The van der Waals surface area contributed by atoms with Gasteiger partial charge in [0.05, 0.1) is 31.3 Å². The largest absolute Gasteiger partial charge is 0.493 e. The number of nitrogens with zero attached hydrogens (tertiary/aromatic N) is 1. The lowest BCUT2D eigenvalue weighted by Crippen LogP contribution is -2.08. The van der Waals surface area contributed by atoms with Gasteiger partial charge < -0.3 is 14.2 Å². The summed E-state index contributed by atoms with van der Waals surface area (Å²) in [5.74, 6) is 1.18. The third kappa shape index (κ3) is 4.38. The Morgan fingerprint density at radius 3 is 2.67 bits per heavy atom. The summed E-state index contributed by atoms with van der Waals surface area (Å²) in [4.78, 5) is 10.1. The van der Waals surface area contributed by atoms with Crippen LogP contribution >= 0.6 is 11.6 Å². The van der Waals surface area contributed by atoms with E-state index in [-0.39, 0.29) is 12.3 Å². The van der Waals surface area contributed by atoms with Crippen LogP contribution in [0.5, 0.6) is 11.5 Å². The van der Waals surface area contributed by atoms with E-state index in [1.807, 2.05) is 0 Å². The van der Waals surface area contributed by atoms with Crippen molar-refractivity contribution in [3.63, 3.8) is 0 Å². The number of alkyl halides is 1. The summed E-state index contributed by atoms with van der Waals surface area (Å²) in [6, 6.07) is 4.17. The Balaban J connectivity index is 2.61. The van der Waals surface area contributed by atoms with Crippen LogP contribution < -0.4 is 9.47 Å². The molecule has 0 atom stereocenters. The van der Waals surface area contributed by atoms with Crippen molar-refractivity contribution in [2.75, 3.05) is 32.8 Å². The fourth-order valence-corrected chi connectivity index (χ4v) is 1.37. The number of halogens is 1. The maximum atomic E-state index is 10.6. The van der Waals surface area contributed by atoms with Crippen LogP contribution in [0.3, 0.4) is 0 Å². The van der Waals surface area contributed by atoms with E-state index in [4.69, 9.17) is 25.8 Å². The standard InChI is InChI=1S/C11H14ClNO5/c1-16-10-3-2-9(13(14)15)8-11(10)18-7-6-17-5-4-12/h2-3,8H,4-7H2,1H3. The molecule has 7 heteroatoms. The molecule has 0 unspecified atom stereocenters. The summed E-state index contributed by atoms with van der Waals surface area (Å²) in [5.41, 5.74) is -0.0486. The summed E-state index contributed by atoms with van der Waals surface area (Å²) >= 11 is 5.44. The van der Waals surface area contributed by atoms with Crippen molar-refractivity contribution < 1.29 is 19.1 Å². The first kappa shape index (κ1) is 14.5. The molecule has 0 aliphatic rings. The van der Waals surface area contributed by atoms with Gasteiger partial charge in [-0.15, -0.1) is 11.6 Å². The first-order chi connectivity index (χ1) is 8.69. The summed E-state index contributed by atoms with van der Waals surface area (Å²) in [6.07, 6.45) is 0. The molecule has 0 fully saturated rings. The molecule has 0 aliphatic heterocycles. The molecule has 6 nitrogen and oxygen atoms in total. The van der Waals surface area contributed by atoms with Gasteiger partial charge in [-0.2, -0.15) is 0 Å². The maximum Gasteiger partial charge on any atom is 0.273 e. The average molecular weight is 276 g/mol. The zero-order chi connectivity index (χ0) is 13.4. The predicted octanol–water partition coefficient (Wildman–Crippen LogP) is 2.24. The lowest BCUT2D eigenvalue weighted by molar-refractivity contribution is -0.385. The normalized spacial score (nSPS) is 10.1. The summed E-state index contributed by atoms with van der Waals surface area (Å²) < 4.78 is 15.5. The zero-order valence-corrected chi connectivity index (χ0v) is 10.7. The molecule has 18 heavy (non-hydrogen) atoms. The Bertz CT molecular complexity index is 399. The minimum absolute atomic E-state index is 0.0486. The molecule has 1 aromatic carbocycles. The number of non-ortho nitro benzene ring substituents is 1. The second-order valence-corrected chi connectivity index (χ2v) is 3.62. The fraction of sp³-hybridized carbons (Fsp3) is 0.455. The quantitative estimate of drug-likeness (QED) is 0.315. The number of nitro groups is 1. The molecule has 1 aromatic rings. The van der Waals surface area contributed by atoms with Crippen molar-refractivity contribution >= 4 is 17.3 Å². The van der Waals surface area contributed by atoms with Crippen LogP contribution in [0.2, 0.25) is 0 Å². The van der Waals surface area contributed by atoms with E-state index < -0.39 is 4.92 Å². The molecule has 0 aromatic heterocycles. The number of benzene rings is 1. The zero-order valence-electron chi connectivity index (χ0n) is 9.93. The lowest BCUT2D eigenvalue weighted by Gasteiger charge is -2.10. The predicted molar refractivity (Wildman–Crippen MR) is 66.7 cm³/mol. The van der Waals surface area contributed by atoms with Crippen LogP contribution in [0.4, 0.5) is 5.69 Å². The smallest absolute Gasteiger partial charge is 0.273 e. The number of hydrogen-bond donors (Lipinski definition) is 0. The van der Waals surface area contributed by atoms with Gasteiger partial charge in [-0.3, -0.25) is 10.1 Å². The van der Waals surface area contributed by atoms with Gasteiger partial charge >= 0.3 is 0 Å². The van der Waals surface area contributed by atoms with Gasteiger partial charge in [-0.25, -0.2) is 0 Å². The molecular formula is C11H14ClNO5. The number of rotatable bonds is 8. The highest BCUT2D eigenvalue weighted by atomic mass is 35.5. The van der Waals surface area contributed by atoms with Gasteiger partial charge in [-0.1, -0.05) is 0 Å². The molecule has 1 rings (SSSR count). The Morgan fingerprint density at radius 2 is 2.06 bits per heavy atom. The molecule has 0 heterocycles. The fourth-order valence-electron chi connectivity index (χ4n) is 1.26. The van der Waals surface area contributed by atoms with Gasteiger partial charge in [0, 0.05) is 11.9 Å². The summed E-state index contributed by atoms with van der Waals surface area (Å²) in [5, 5.41) is 10.6. The Morgan fingerprint density at radius 1 is 1.28 bits per heavy atom. The second kappa shape index (κ2) is 7.73. The Kier molecular flexibility index (Phi) is 6.24. The van der Waals surface area contributed by atoms with Gasteiger partial charge in [0.15, 0.2) is 11.5 Å². The highest BCUT2D eigenvalue weighted by molar-refractivity contribution is 6.17. The monoisotopic (exact) mass is 275 g/mol. The van der Waals surface area contributed by atoms with Crippen LogP contribution in [0, 0.1) is 10.1 Å². The SMILES string of the molecule is COc1ccc([N+](=O)[O-])cc1OCCOCCCl. The summed E-state index contributed by atoms with van der Waals surface area (Å²) in [7, 11) is 1.47. The third-order valence-electron chi connectivity index (χ3n) is 2.06. The first-order valence-corrected chi connectivity index (χ1v) is 5.81. The van der Waals surface area contributed by atoms with Crippen molar-refractivity contribution in [3.8, 4) is 11.5 Å². The number of ether oxygens (including phenoxy) is 3. The molecule has 0 saturated heterocycles. The van der Waals surface area contributed by atoms with Crippen molar-refractivity contribution in [1.82, 2.24) is 0 Å². The highest BCUT2D eigenvalue weighted by Crippen LogP contribution is 2.30. The number of nitro benzene ring substituents is 1. The van der Waals surface area contributed by atoms with Gasteiger partial charge in [0.2, 0.25) is 0 Å². The molecule has 100 valence electrons. The van der Waals surface area contributed by atoms with Crippen LogP contribution in [0.15, 0.2) is 18.2 Å². The maximum absolute atomic E-state index is 10.6. The molecule has 0 spiro atoms. The second-order valence-electron chi connectivity index (χ2n) is 3.24. The minimum atomic E-state index is -0.490. The minimum Gasteiger partial charge on any atom is -0.493 e. The van der Waals surface area contributed by atoms with E-state index in [0.29, 0.717) is 30.6 Å². The lowest BCUT2D eigenvalue weighted by atomic mass is 10.3. The van der Waals surface area contributed by atoms with E-state index in [1.165, 1.54) is 25.3 Å². The van der Waals surface area contributed by atoms with E-state index in [2.05, 4.69) is 0 Å². The van der Waals surface area contributed by atoms with Crippen molar-refractivity contribution in [1.29, 1.82) is 0 Å². The first-order valence-electron chi connectivity index (χ1n) is 5.28. The van der Waals surface area contributed by atoms with Gasteiger partial charge in [-0.05, 0) is 6.07 Å². The van der Waals surface area contributed by atoms with Crippen molar-refractivity contribution in [2.45, 2.75) is 0 Å². The summed E-state index contributed by atoms with van der Waals surface area (Å²) in [6.45, 7) is 1.07. The van der Waals surface area contributed by atoms with E-state index in [1.54, 1.807) is 0 Å².